The van der Waals surface area contributed by atoms with Crippen molar-refractivity contribution >= 4 is 57.1 Å². The number of rotatable bonds is 19. The van der Waals surface area contributed by atoms with Crippen molar-refractivity contribution < 1.29 is 63.1 Å². The molecule has 4 aliphatic carbocycles. The van der Waals surface area contributed by atoms with E-state index in [-0.39, 0.29) is 48.6 Å². The van der Waals surface area contributed by atoms with E-state index >= 15 is 0 Å². The van der Waals surface area contributed by atoms with E-state index in [1.807, 2.05) is 61.5 Å². The fourth-order valence-electron chi connectivity index (χ4n) is 11.3. The lowest BCUT2D eigenvalue weighted by Gasteiger charge is -2.59. The number of amides is 4. The van der Waals surface area contributed by atoms with E-state index in [9.17, 15) is 43.8 Å². The molecule has 1 heterocycles. The minimum Gasteiger partial charge on any atom is -0.481 e. The highest BCUT2D eigenvalue weighted by molar-refractivity contribution is 9.09. The first-order valence-electron chi connectivity index (χ1n) is 22.2. The van der Waals surface area contributed by atoms with Crippen molar-refractivity contribution in [2.45, 2.75) is 95.5 Å². The Morgan fingerprint density at radius 3 is 2.29 bits per heavy atom. The summed E-state index contributed by atoms with van der Waals surface area (Å²) in [7, 11) is 0. The third-order valence-electron chi connectivity index (χ3n) is 14.4. The molecule has 2 aromatic carbocycles. The summed E-state index contributed by atoms with van der Waals surface area (Å²) in [4.78, 5) is 85.8. The summed E-state index contributed by atoms with van der Waals surface area (Å²) in [6.07, 6.45) is 5.45. The molecule has 4 fully saturated rings. The van der Waals surface area contributed by atoms with Gasteiger partial charge in [-0.25, -0.2) is 0 Å². The Morgan fingerprint density at radius 2 is 1.61 bits per heavy atom. The van der Waals surface area contributed by atoms with E-state index in [2.05, 4.69) is 44.1 Å². The van der Waals surface area contributed by atoms with Crippen LogP contribution in [0.25, 0.3) is 0 Å². The van der Waals surface area contributed by atoms with Crippen LogP contribution in [0, 0.1) is 28.6 Å². The highest BCUT2D eigenvalue weighted by Crippen LogP contribution is 2.70. The molecule has 7 rings (SSSR count). The van der Waals surface area contributed by atoms with Crippen molar-refractivity contribution in [2.75, 3.05) is 31.8 Å². The number of aliphatic hydroxyl groups excluding tert-OH is 2. The summed E-state index contributed by atoms with van der Waals surface area (Å²) in [5.74, 6) is -4.17. The molecule has 0 aromatic heterocycles. The maximum Gasteiger partial charge on any atom is 0.303 e. The van der Waals surface area contributed by atoms with Crippen LogP contribution in [0.4, 0.5) is 0 Å². The van der Waals surface area contributed by atoms with E-state index in [4.69, 9.17) is 19.3 Å². The van der Waals surface area contributed by atoms with Crippen molar-refractivity contribution in [2.24, 2.45) is 28.6 Å². The van der Waals surface area contributed by atoms with Gasteiger partial charge in [0.05, 0.1) is 37.2 Å². The summed E-state index contributed by atoms with van der Waals surface area (Å²) in [6.45, 7) is 2.60. The molecule has 7 N–H and O–H groups in total. The van der Waals surface area contributed by atoms with Gasteiger partial charge < -0.3 is 50.8 Å². The summed E-state index contributed by atoms with van der Waals surface area (Å²) < 4.78 is 19.0. The van der Waals surface area contributed by atoms with Gasteiger partial charge in [0.15, 0.2) is 23.5 Å². The molecular formula is C48H57BrN4O13. The lowest BCUT2D eigenvalue weighted by Crippen LogP contribution is -2.63. The standard InChI is InChI=1S/C48H57BrN4O13/c1-46-16-15-32(55)18-31(46)11-12-33-34-19-38-48(37(57)24-54,47(34,2)20-36(56)43(33)46)66-45(65-38)30-9-7-28(8-10-30)17-27-3-5-29(6-4-27)25-64-26-52-40(59)22-51-44(63)35(13-14-42(61)62)53-41(60)23-50-39(58)21-49/h3-10,15-16,18,33-36,38,43,45,54,56H,11-14,17,19-26H2,1-2H3,(H,50,58)(H,51,63)(H,52,59)(H,53,60)(H,61,62)/t33?,34-,35-,36?,38?,43+,45?,46?,47?,48+/m0/s1. The molecule has 66 heavy (non-hydrogen) atoms. The van der Waals surface area contributed by atoms with Gasteiger partial charge in [-0.3, -0.25) is 33.6 Å². The molecule has 0 spiro atoms. The second-order valence-corrected chi connectivity index (χ2v) is 18.9. The van der Waals surface area contributed by atoms with Gasteiger partial charge in [-0.2, -0.15) is 0 Å². The van der Waals surface area contributed by atoms with Gasteiger partial charge >= 0.3 is 5.97 Å². The third kappa shape index (κ3) is 9.94. The van der Waals surface area contributed by atoms with Crippen LogP contribution in [0.5, 0.6) is 0 Å². The summed E-state index contributed by atoms with van der Waals surface area (Å²) in [5, 5.41) is 40.9. The monoisotopic (exact) mass is 976 g/mol. The van der Waals surface area contributed by atoms with Gasteiger partial charge in [-0.1, -0.05) is 90.0 Å². The molecule has 6 unspecified atom stereocenters. The number of hydrogen-bond acceptors (Lipinski definition) is 12. The second kappa shape index (κ2) is 20.4. The first-order chi connectivity index (χ1) is 31.5. The van der Waals surface area contributed by atoms with Crippen molar-refractivity contribution in [3.05, 3.63) is 94.6 Å². The highest BCUT2D eigenvalue weighted by atomic mass is 79.9. The Kier molecular flexibility index (Phi) is 15.1. The average molecular weight is 978 g/mol. The van der Waals surface area contributed by atoms with Crippen molar-refractivity contribution in [3.8, 4) is 0 Å². The molecule has 4 amide bonds. The quantitative estimate of drug-likeness (QED) is 0.0608. The van der Waals surface area contributed by atoms with E-state index in [0.717, 1.165) is 40.7 Å². The molecule has 10 atom stereocenters. The average Bonchev–Trinajstić information content (AvgIpc) is 3.80. The van der Waals surface area contributed by atoms with Crippen LogP contribution >= 0.6 is 15.9 Å². The van der Waals surface area contributed by atoms with Crippen LogP contribution in [-0.2, 0) is 60.8 Å². The number of alkyl halides is 1. The lowest BCUT2D eigenvalue weighted by atomic mass is 9.46. The van der Waals surface area contributed by atoms with Crippen LogP contribution in [0.2, 0.25) is 0 Å². The molecule has 0 bridgehead atoms. The van der Waals surface area contributed by atoms with Gasteiger partial charge in [0.1, 0.15) is 19.4 Å². The molecule has 1 aliphatic heterocycles. The number of carbonyl (C=O) groups is 7. The van der Waals surface area contributed by atoms with Crippen LogP contribution in [0.3, 0.4) is 0 Å². The van der Waals surface area contributed by atoms with Crippen LogP contribution in [0.1, 0.15) is 80.9 Å². The largest absolute Gasteiger partial charge is 0.481 e. The fourth-order valence-corrected chi connectivity index (χ4v) is 11.5. The minimum atomic E-state index is -1.43. The highest BCUT2D eigenvalue weighted by Gasteiger charge is 2.76. The number of nitrogens with one attached hydrogen (secondary N) is 4. The molecular weight excluding hydrogens is 920 g/mol. The first-order valence-corrected chi connectivity index (χ1v) is 23.4. The summed E-state index contributed by atoms with van der Waals surface area (Å²) in [5.41, 5.74) is 2.02. The van der Waals surface area contributed by atoms with Crippen molar-refractivity contribution in [3.63, 3.8) is 0 Å². The Labute approximate surface area is 390 Å². The molecule has 17 nitrogen and oxygen atoms in total. The topological polar surface area (TPSA) is 256 Å². The minimum absolute atomic E-state index is 0.000523. The molecule has 1 saturated heterocycles. The lowest BCUT2D eigenvalue weighted by molar-refractivity contribution is -0.201. The second-order valence-electron chi connectivity index (χ2n) is 18.3. The Morgan fingerprint density at radius 1 is 0.924 bits per heavy atom. The summed E-state index contributed by atoms with van der Waals surface area (Å²) in [6, 6.07) is 14.3. The number of aliphatic hydroxyl groups is 2. The zero-order valence-electron chi connectivity index (χ0n) is 36.9. The summed E-state index contributed by atoms with van der Waals surface area (Å²) >= 11 is 2.95. The number of carboxylic acid groups (broad SMARTS) is 1. The van der Waals surface area contributed by atoms with E-state index in [1.165, 1.54) is 0 Å². The van der Waals surface area contributed by atoms with E-state index in [0.29, 0.717) is 19.3 Å². The Hall–Kier alpha value is -5.11. The van der Waals surface area contributed by atoms with Crippen LogP contribution in [-0.4, -0.2) is 112 Å². The number of ether oxygens (including phenoxy) is 3. The Balaban J connectivity index is 0.879. The number of halogens is 1. The van der Waals surface area contributed by atoms with Gasteiger partial charge in [0.2, 0.25) is 23.6 Å². The zero-order valence-corrected chi connectivity index (χ0v) is 38.5. The SMILES string of the molecule is CC12C=CC(=O)C=C1CCC1[C@@H]2C(O)CC2(C)[C@H]1CC1OC(c3ccc(Cc4ccc(COCNC(=O)CNC(=O)[C@H](CCC(=O)O)NC(=O)CNC(=O)CBr)cc4)cc3)O[C@]12C(=O)CO. The molecule has 5 aliphatic rings. The third-order valence-corrected chi connectivity index (χ3v) is 14.9. The number of aliphatic carboxylic acids is 1. The molecule has 0 radical (unpaired) electrons. The Bertz CT molecular complexity index is 2270. The maximum atomic E-state index is 13.9. The maximum absolute atomic E-state index is 13.9. The fraction of sp³-hybridized carbons (Fsp3) is 0.521. The van der Waals surface area contributed by atoms with Crippen LogP contribution in [0.15, 0.2) is 72.3 Å². The number of Topliss-reactive ketones (excluding diaryl/α,β-unsaturated/α-hetero) is 1. The normalized spacial score (nSPS) is 29.8. The predicted molar refractivity (Wildman–Crippen MR) is 239 cm³/mol. The van der Waals surface area contributed by atoms with Gasteiger partial charge in [-0.15, -0.1) is 0 Å². The van der Waals surface area contributed by atoms with Crippen LogP contribution < -0.4 is 21.3 Å². The number of carboxylic acids is 1. The molecule has 3 saturated carbocycles. The molecule has 18 heteroatoms. The van der Waals surface area contributed by atoms with E-state index in [1.54, 1.807) is 12.2 Å². The van der Waals surface area contributed by atoms with E-state index < -0.39 is 102 Å². The van der Waals surface area contributed by atoms with Gasteiger partial charge in [0, 0.05) is 28.7 Å². The van der Waals surface area contributed by atoms with Crippen molar-refractivity contribution in [1.29, 1.82) is 0 Å². The first kappa shape index (κ1) is 48.8. The smallest absolute Gasteiger partial charge is 0.303 e. The molecule has 354 valence electrons. The number of hydrogen-bond donors (Lipinski definition) is 7. The number of fused-ring (bicyclic) bond motifs is 7. The molecule has 2 aromatic rings. The number of allylic oxidation sites excluding steroid dienone is 4. The predicted octanol–water partition coefficient (Wildman–Crippen LogP) is 2.45. The number of ketones is 2. The number of carbonyl (C=O) groups excluding carboxylic acids is 6. The van der Waals surface area contributed by atoms with Gasteiger partial charge in [0.25, 0.3) is 0 Å². The zero-order chi connectivity index (χ0) is 47.4. The number of benzene rings is 2. The van der Waals surface area contributed by atoms with Gasteiger partial charge in [-0.05, 0) is 79.2 Å². The van der Waals surface area contributed by atoms with Crippen molar-refractivity contribution in [1.82, 2.24) is 21.3 Å².